The van der Waals surface area contributed by atoms with Crippen molar-refractivity contribution in [3.8, 4) is 0 Å². The minimum atomic E-state index is -1.11. The summed E-state index contributed by atoms with van der Waals surface area (Å²) >= 11 is 0. The molecule has 0 saturated heterocycles. The van der Waals surface area contributed by atoms with Crippen LogP contribution >= 0.6 is 0 Å². The minimum Gasteiger partial charge on any atom is -0.507 e. The van der Waals surface area contributed by atoms with Crippen LogP contribution in [0.1, 0.15) is 13.8 Å². The van der Waals surface area contributed by atoms with Gasteiger partial charge in [0.15, 0.2) is 0 Å². The Morgan fingerprint density at radius 1 is 1.31 bits per heavy atom. The van der Waals surface area contributed by atoms with Gasteiger partial charge in [-0.25, -0.2) is 4.79 Å². The molecule has 1 rings (SSSR count). The summed E-state index contributed by atoms with van der Waals surface area (Å²) in [6.07, 6.45) is 6.35. The molecule has 0 atom stereocenters. The van der Waals surface area contributed by atoms with Crippen LogP contribution in [-0.2, 0) is 4.79 Å². The highest BCUT2D eigenvalue weighted by Gasteiger charge is 2.16. The lowest BCUT2D eigenvalue weighted by molar-refractivity contribution is -0.132. The average molecular weight is 180 g/mol. The number of hydrogen-bond donors (Lipinski definition) is 2. The van der Waals surface area contributed by atoms with E-state index < -0.39 is 5.97 Å². The number of aliphatic hydroxyl groups excluding tert-OH is 1. The zero-order valence-electron chi connectivity index (χ0n) is 7.61. The molecule has 0 amide bonds. The van der Waals surface area contributed by atoms with Gasteiger partial charge in [-0.1, -0.05) is 26.0 Å². The summed E-state index contributed by atoms with van der Waals surface area (Å²) in [6.45, 7) is 3.86. The smallest absolute Gasteiger partial charge is 0.339 e. The molecule has 0 spiro atoms. The number of carbonyl (C=O) groups is 1. The predicted molar refractivity (Wildman–Crippen MR) is 49.4 cm³/mol. The van der Waals surface area contributed by atoms with E-state index in [1.165, 1.54) is 12.2 Å². The molecule has 0 unspecified atom stereocenters. The van der Waals surface area contributed by atoms with Crippen molar-refractivity contribution >= 4 is 5.97 Å². The van der Waals surface area contributed by atoms with Crippen LogP contribution in [-0.4, -0.2) is 16.2 Å². The predicted octanol–water partition coefficient (Wildman–Crippen LogP) is 2.04. The van der Waals surface area contributed by atoms with E-state index in [2.05, 4.69) is 0 Å². The quantitative estimate of drug-likeness (QED) is 0.649. The summed E-state index contributed by atoms with van der Waals surface area (Å²) in [5.74, 6) is -1.31. The second-order valence-electron chi connectivity index (χ2n) is 3.59. The standard InChI is InChI=1S/C10H12O3/c1-10(2)5-3-7(9(12)13)8(11)4-6-10/h3-6,11H,1-2H3,(H,12,13). The zero-order chi connectivity index (χ0) is 10.1. The summed E-state index contributed by atoms with van der Waals surface area (Å²) < 4.78 is 0. The lowest BCUT2D eigenvalue weighted by Crippen LogP contribution is -2.02. The first-order valence-electron chi connectivity index (χ1n) is 3.97. The first-order valence-corrected chi connectivity index (χ1v) is 3.97. The van der Waals surface area contributed by atoms with Gasteiger partial charge < -0.3 is 10.2 Å². The fourth-order valence-electron chi connectivity index (χ4n) is 1.00. The molecule has 0 bridgehead atoms. The van der Waals surface area contributed by atoms with Crippen molar-refractivity contribution in [2.24, 2.45) is 5.41 Å². The number of hydrogen-bond acceptors (Lipinski definition) is 2. The Morgan fingerprint density at radius 2 is 1.85 bits per heavy atom. The molecule has 0 saturated carbocycles. The van der Waals surface area contributed by atoms with E-state index in [4.69, 9.17) is 5.11 Å². The third-order valence-electron chi connectivity index (χ3n) is 1.86. The summed E-state index contributed by atoms with van der Waals surface area (Å²) in [5, 5.41) is 18.0. The van der Waals surface area contributed by atoms with E-state index >= 15 is 0 Å². The number of aliphatic hydroxyl groups is 1. The molecule has 2 N–H and O–H groups in total. The summed E-state index contributed by atoms with van der Waals surface area (Å²) in [5.41, 5.74) is -0.285. The van der Waals surface area contributed by atoms with E-state index in [1.807, 2.05) is 13.8 Å². The largest absolute Gasteiger partial charge is 0.507 e. The molecule has 3 heteroatoms. The molecule has 0 aromatic rings. The highest BCUT2D eigenvalue weighted by molar-refractivity contribution is 5.91. The van der Waals surface area contributed by atoms with Gasteiger partial charge in [-0.15, -0.1) is 0 Å². The Labute approximate surface area is 76.7 Å². The van der Waals surface area contributed by atoms with Crippen LogP contribution in [0.4, 0.5) is 0 Å². The molecule has 0 aliphatic heterocycles. The maximum absolute atomic E-state index is 10.6. The Kier molecular flexibility index (Phi) is 2.28. The maximum Gasteiger partial charge on any atom is 0.339 e. The molecule has 3 nitrogen and oxygen atoms in total. The van der Waals surface area contributed by atoms with E-state index in [0.717, 1.165) is 0 Å². The van der Waals surface area contributed by atoms with Crippen LogP contribution in [0.15, 0.2) is 35.6 Å². The van der Waals surface area contributed by atoms with Gasteiger partial charge in [-0.2, -0.15) is 0 Å². The summed E-state index contributed by atoms with van der Waals surface area (Å²) in [4.78, 5) is 10.6. The Hall–Kier alpha value is -1.51. The first kappa shape index (κ1) is 9.58. The van der Waals surface area contributed by atoms with Crippen LogP contribution in [0.25, 0.3) is 0 Å². The molecule has 1 aliphatic carbocycles. The average Bonchev–Trinajstić information content (AvgIpc) is 2.11. The molecular weight excluding hydrogens is 168 g/mol. The lowest BCUT2D eigenvalue weighted by atomic mass is 9.93. The van der Waals surface area contributed by atoms with E-state index in [1.54, 1.807) is 12.2 Å². The van der Waals surface area contributed by atoms with Gasteiger partial charge in [-0.05, 0) is 12.2 Å². The van der Waals surface area contributed by atoms with Gasteiger partial charge >= 0.3 is 5.97 Å². The SMILES string of the molecule is CC1(C)C=CC(O)=C(C(=O)O)C=C1. The van der Waals surface area contributed by atoms with Crippen LogP contribution in [0, 0.1) is 5.41 Å². The van der Waals surface area contributed by atoms with E-state index in [0.29, 0.717) is 0 Å². The van der Waals surface area contributed by atoms with Gasteiger partial charge in [0.05, 0.1) is 0 Å². The van der Waals surface area contributed by atoms with E-state index in [9.17, 15) is 9.90 Å². The van der Waals surface area contributed by atoms with Gasteiger partial charge in [0.2, 0.25) is 0 Å². The van der Waals surface area contributed by atoms with Crippen molar-refractivity contribution in [1.29, 1.82) is 0 Å². The second kappa shape index (κ2) is 3.09. The highest BCUT2D eigenvalue weighted by Crippen LogP contribution is 2.24. The third kappa shape index (κ3) is 2.21. The minimum absolute atomic E-state index is 0.0678. The van der Waals surface area contributed by atoms with Crippen LogP contribution in [0.5, 0.6) is 0 Å². The highest BCUT2D eigenvalue weighted by atomic mass is 16.4. The fourth-order valence-corrected chi connectivity index (χ4v) is 1.00. The van der Waals surface area contributed by atoms with E-state index in [-0.39, 0.29) is 16.7 Å². The summed E-state index contributed by atoms with van der Waals surface area (Å²) in [7, 11) is 0. The first-order chi connectivity index (χ1) is 5.92. The Morgan fingerprint density at radius 3 is 2.38 bits per heavy atom. The molecule has 0 fully saturated rings. The monoisotopic (exact) mass is 180 g/mol. The number of allylic oxidation sites excluding steroid dienone is 3. The second-order valence-corrected chi connectivity index (χ2v) is 3.59. The number of carboxylic acid groups (broad SMARTS) is 1. The van der Waals surface area contributed by atoms with Gasteiger partial charge in [0.1, 0.15) is 11.3 Å². The number of rotatable bonds is 1. The van der Waals surface area contributed by atoms with Crippen LogP contribution in [0.2, 0.25) is 0 Å². The number of aliphatic carboxylic acids is 1. The molecule has 0 radical (unpaired) electrons. The Balaban J connectivity index is 3.12. The van der Waals surface area contributed by atoms with Crippen molar-refractivity contribution in [3.05, 3.63) is 35.6 Å². The van der Waals surface area contributed by atoms with Crippen molar-refractivity contribution in [2.45, 2.75) is 13.8 Å². The normalized spacial score (nSPS) is 20.2. The zero-order valence-corrected chi connectivity index (χ0v) is 7.61. The van der Waals surface area contributed by atoms with Gasteiger partial charge in [-0.3, -0.25) is 0 Å². The Bertz CT molecular complexity index is 319. The number of carboxylic acids is 1. The molecule has 13 heavy (non-hydrogen) atoms. The fraction of sp³-hybridized carbons (Fsp3) is 0.300. The molecular formula is C10H12O3. The van der Waals surface area contributed by atoms with Crippen LogP contribution in [0.3, 0.4) is 0 Å². The van der Waals surface area contributed by atoms with Crippen molar-refractivity contribution in [1.82, 2.24) is 0 Å². The molecule has 0 aromatic carbocycles. The maximum atomic E-state index is 10.6. The third-order valence-corrected chi connectivity index (χ3v) is 1.86. The molecule has 70 valence electrons. The van der Waals surface area contributed by atoms with Crippen molar-refractivity contribution < 1.29 is 15.0 Å². The molecule has 0 heterocycles. The molecule has 1 aliphatic rings. The lowest BCUT2D eigenvalue weighted by Gasteiger charge is -2.12. The molecule has 0 aromatic heterocycles. The van der Waals surface area contributed by atoms with Gasteiger partial charge in [0.25, 0.3) is 0 Å². The van der Waals surface area contributed by atoms with Crippen molar-refractivity contribution in [3.63, 3.8) is 0 Å². The van der Waals surface area contributed by atoms with Crippen LogP contribution < -0.4 is 0 Å². The topological polar surface area (TPSA) is 57.5 Å². The summed E-state index contributed by atoms with van der Waals surface area (Å²) in [6, 6.07) is 0. The van der Waals surface area contributed by atoms with Gasteiger partial charge in [0, 0.05) is 5.41 Å². The van der Waals surface area contributed by atoms with Crippen molar-refractivity contribution in [2.75, 3.05) is 0 Å².